The van der Waals surface area contributed by atoms with E-state index in [0.29, 0.717) is 0 Å². The number of hydrogen-bond donors (Lipinski definition) is 0. The van der Waals surface area contributed by atoms with Gasteiger partial charge in [0, 0.05) is 6.04 Å². The highest BCUT2D eigenvalue weighted by atomic mass is 14.6. The van der Waals surface area contributed by atoms with E-state index < -0.39 is 0 Å². The van der Waals surface area contributed by atoms with Gasteiger partial charge in [-0.15, -0.1) is 0 Å². The molecule has 0 aliphatic rings. The van der Waals surface area contributed by atoms with Gasteiger partial charge in [0.05, 0.1) is 0 Å². The monoisotopic (exact) mass is 100 g/mol. The Labute approximate surface area is 45.9 Å². The first-order valence-electron chi connectivity index (χ1n) is 2.65. The Hall–Kier alpha value is -0.0400. The number of hydrogen-bond acceptors (Lipinski definition) is 0. The van der Waals surface area contributed by atoms with Gasteiger partial charge in [-0.2, -0.15) is 0 Å². The van der Waals surface area contributed by atoms with Gasteiger partial charge >= 0.3 is 0 Å². The van der Waals surface area contributed by atoms with Gasteiger partial charge in [0.25, 0.3) is 0 Å². The summed E-state index contributed by atoms with van der Waals surface area (Å²) < 4.78 is 0. The molecule has 0 aliphatic heterocycles. The van der Waals surface area contributed by atoms with Crippen LogP contribution in [0, 0.1) is 5.41 Å². The van der Waals surface area contributed by atoms with Gasteiger partial charge in [-0.25, -0.2) is 0 Å². The molecular formula is C6H14N. The largest absolute Gasteiger partial charge is 0.254 e. The van der Waals surface area contributed by atoms with Crippen LogP contribution in [-0.4, -0.2) is 6.04 Å². The third-order valence-corrected chi connectivity index (χ3v) is 1.30. The Morgan fingerprint density at radius 1 is 1.29 bits per heavy atom. The Bertz CT molecular complexity index is 49.7. The van der Waals surface area contributed by atoms with E-state index in [1.54, 1.807) is 0 Å². The second kappa shape index (κ2) is 1.83. The van der Waals surface area contributed by atoms with Crippen LogP contribution < -0.4 is 5.73 Å². The average Bonchev–Trinajstić information content (AvgIpc) is 1.31. The van der Waals surface area contributed by atoms with E-state index in [9.17, 15) is 0 Å². The van der Waals surface area contributed by atoms with Crippen molar-refractivity contribution < 1.29 is 0 Å². The summed E-state index contributed by atoms with van der Waals surface area (Å²) in [6, 6.07) is 0.0486. The standard InChI is InChI=1S/C6H14N/c1-5(7)6(2,3)4/h5,7H,1-4H3/t5-/m0/s1. The SMILES string of the molecule is C[C@H]([NH])C(C)(C)C. The maximum atomic E-state index is 7.23. The lowest BCUT2D eigenvalue weighted by molar-refractivity contribution is 0.332. The van der Waals surface area contributed by atoms with Crippen molar-refractivity contribution in [2.24, 2.45) is 5.41 Å². The van der Waals surface area contributed by atoms with Gasteiger partial charge in [0.2, 0.25) is 0 Å². The average molecular weight is 100 g/mol. The summed E-state index contributed by atoms with van der Waals surface area (Å²) in [5.74, 6) is 0. The van der Waals surface area contributed by atoms with Crippen LogP contribution in [-0.2, 0) is 0 Å². The van der Waals surface area contributed by atoms with Crippen LogP contribution in [0.15, 0.2) is 0 Å². The molecule has 1 radical (unpaired) electrons. The maximum absolute atomic E-state index is 7.23. The van der Waals surface area contributed by atoms with Gasteiger partial charge in [0.1, 0.15) is 0 Å². The number of rotatable bonds is 0. The summed E-state index contributed by atoms with van der Waals surface area (Å²) in [5, 5.41) is 0. The van der Waals surface area contributed by atoms with Crippen LogP contribution in [0.2, 0.25) is 0 Å². The van der Waals surface area contributed by atoms with Crippen molar-refractivity contribution in [2.75, 3.05) is 0 Å². The second-order valence-electron chi connectivity index (χ2n) is 3.09. The molecule has 0 unspecified atom stereocenters. The fraction of sp³-hybridized carbons (Fsp3) is 1.00. The summed E-state index contributed by atoms with van der Waals surface area (Å²) in [4.78, 5) is 0. The molecule has 0 amide bonds. The predicted octanol–water partition coefficient (Wildman–Crippen LogP) is 1.70. The fourth-order valence-corrected chi connectivity index (χ4v) is 0. The van der Waals surface area contributed by atoms with E-state index in [0.717, 1.165) is 0 Å². The molecule has 0 heterocycles. The molecule has 43 valence electrons. The smallest absolute Gasteiger partial charge is 0.0233 e. The highest BCUT2D eigenvalue weighted by molar-refractivity contribution is 4.70. The molecule has 7 heavy (non-hydrogen) atoms. The minimum Gasteiger partial charge on any atom is -0.254 e. The summed E-state index contributed by atoms with van der Waals surface area (Å²) in [6.07, 6.45) is 0. The Morgan fingerprint density at radius 2 is 1.43 bits per heavy atom. The molecule has 0 aromatic rings. The molecule has 0 saturated carbocycles. The van der Waals surface area contributed by atoms with Crippen molar-refractivity contribution in [3.8, 4) is 0 Å². The molecule has 0 aromatic heterocycles. The highest BCUT2D eigenvalue weighted by Crippen LogP contribution is 2.16. The van der Waals surface area contributed by atoms with Crippen LogP contribution >= 0.6 is 0 Å². The molecule has 0 saturated heterocycles. The van der Waals surface area contributed by atoms with E-state index in [2.05, 4.69) is 20.8 Å². The maximum Gasteiger partial charge on any atom is 0.0233 e. The normalized spacial score (nSPS) is 16.7. The van der Waals surface area contributed by atoms with Crippen LogP contribution in [0.3, 0.4) is 0 Å². The van der Waals surface area contributed by atoms with Gasteiger partial charge < -0.3 is 0 Å². The second-order valence-corrected chi connectivity index (χ2v) is 3.09. The van der Waals surface area contributed by atoms with E-state index >= 15 is 0 Å². The van der Waals surface area contributed by atoms with Gasteiger partial charge in [0.15, 0.2) is 0 Å². The van der Waals surface area contributed by atoms with E-state index in [4.69, 9.17) is 5.73 Å². The molecule has 0 aromatic carbocycles. The van der Waals surface area contributed by atoms with E-state index in [1.807, 2.05) is 6.92 Å². The molecule has 1 N–H and O–H groups in total. The lowest BCUT2D eigenvalue weighted by Crippen LogP contribution is -2.23. The van der Waals surface area contributed by atoms with E-state index in [1.165, 1.54) is 0 Å². The first-order chi connectivity index (χ1) is 2.94. The van der Waals surface area contributed by atoms with Crippen LogP contribution in [0.5, 0.6) is 0 Å². The topological polar surface area (TPSA) is 23.8 Å². The molecule has 0 aliphatic carbocycles. The molecule has 0 rings (SSSR count). The lowest BCUT2D eigenvalue weighted by atomic mass is 9.89. The minimum absolute atomic E-state index is 0.0486. The first kappa shape index (κ1) is 6.96. The van der Waals surface area contributed by atoms with Crippen molar-refractivity contribution in [1.82, 2.24) is 5.73 Å². The lowest BCUT2D eigenvalue weighted by Gasteiger charge is -2.21. The zero-order valence-electron chi connectivity index (χ0n) is 5.58. The number of nitrogens with one attached hydrogen (secondary N) is 1. The zero-order chi connectivity index (χ0) is 6.08. The summed E-state index contributed by atoms with van der Waals surface area (Å²) in [6.45, 7) is 8.14. The molecule has 1 atom stereocenters. The molecule has 0 bridgehead atoms. The minimum atomic E-state index is 0.0486. The quantitative estimate of drug-likeness (QED) is 0.442. The zero-order valence-corrected chi connectivity index (χ0v) is 5.58. The van der Waals surface area contributed by atoms with Crippen LogP contribution in [0.4, 0.5) is 0 Å². The Kier molecular flexibility index (Phi) is 1.82. The van der Waals surface area contributed by atoms with Gasteiger partial charge in [-0.05, 0) is 12.3 Å². The van der Waals surface area contributed by atoms with Crippen molar-refractivity contribution in [2.45, 2.75) is 33.7 Å². The molecule has 0 fully saturated rings. The highest BCUT2D eigenvalue weighted by Gasteiger charge is 2.15. The van der Waals surface area contributed by atoms with Crippen LogP contribution in [0.25, 0.3) is 0 Å². The Balaban J connectivity index is 3.54. The van der Waals surface area contributed by atoms with Gasteiger partial charge in [-0.1, -0.05) is 20.8 Å². The van der Waals surface area contributed by atoms with Crippen molar-refractivity contribution in [3.05, 3.63) is 0 Å². The van der Waals surface area contributed by atoms with Crippen molar-refractivity contribution in [1.29, 1.82) is 0 Å². The summed E-state index contributed by atoms with van der Waals surface area (Å²) in [5.41, 5.74) is 7.40. The third-order valence-electron chi connectivity index (χ3n) is 1.30. The molecule has 1 heteroatoms. The van der Waals surface area contributed by atoms with Crippen LogP contribution in [0.1, 0.15) is 27.7 Å². The summed E-state index contributed by atoms with van der Waals surface area (Å²) in [7, 11) is 0. The summed E-state index contributed by atoms with van der Waals surface area (Å²) >= 11 is 0. The van der Waals surface area contributed by atoms with Gasteiger partial charge in [-0.3, -0.25) is 5.73 Å². The van der Waals surface area contributed by atoms with E-state index in [-0.39, 0.29) is 11.5 Å². The molecule has 0 spiro atoms. The predicted molar refractivity (Wildman–Crippen MR) is 32.0 cm³/mol. The first-order valence-corrected chi connectivity index (χ1v) is 2.65. The third kappa shape index (κ3) is 2.63. The Morgan fingerprint density at radius 3 is 1.43 bits per heavy atom. The van der Waals surface area contributed by atoms with Crippen molar-refractivity contribution in [3.63, 3.8) is 0 Å². The fourth-order valence-electron chi connectivity index (χ4n) is 0. The molecule has 1 nitrogen and oxygen atoms in total. The van der Waals surface area contributed by atoms with Crippen molar-refractivity contribution >= 4 is 0 Å². The molecular weight excluding hydrogens is 86.1 g/mol.